The number of hydrogen-bond donors (Lipinski definition) is 1. The van der Waals surface area contributed by atoms with Crippen LogP contribution in [0.15, 0.2) is 24.3 Å². The first-order chi connectivity index (χ1) is 6.76. The highest BCUT2D eigenvalue weighted by atomic mass is 14.9. The molecule has 1 heteroatoms. The molecular formula is C13H21N. The third-order valence-electron chi connectivity index (χ3n) is 2.77. The van der Waals surface area contributed by atoms with Gasteiger partial charge in [0.25, 0.3) is 0 Å². The molecule has 0 saturated heterocycles. The van der Waals surface area contributed by atoms with E-state index in [9.17, 15) is 0 Å². The predicted octanol–water partition coefficient (Wildman–Crippen LogP) is 2.93. The van der Waals surface area contributed by atoms with E-state index in [1.165, 1.54) is 30.4 Å². The second kappa shape index (κ2) is 5.82. The molecule has 1 unspecified atom stereocenters. The Labute approximate surface area is 87.5 Å². The standard InChI is InChI=1S/C13H21N/c1-4-13(14-3)9-8-12-7-5-6-11(2)10-12/h5-7,10,13-14H,4,8-9H2,1-3H3. The Hall–Kier alpha value is -0.820. The van der Waals surface area contributed by atoms with Crippen molar-refractivity contribution in [1.82, 2.24) is 5.32 Å². The third kappa shape index (κ3) is 3.51. The second-order valence-corrected chi connectivity index (χ2v) is 3.92. The van der Waals surface area contributed by atoms with Crippen LogP contribution >= 0.6 is 0 Å². The number of benzene rings is 1. The minimum Gasteiger partial charge on any atom is -0.317 e. The molecule has 1 atom stereocenters. The van der Waals surface area contributed by atoms with Gasteiger partial charge in [0, 0.05) is 6.04 Å². The topological polar surface area (TPSA) is 12.0 Å². The summed E-state index contributed by atoms with van der Waals surface area (Å²) in [4.78, 5) is 0. The van der Waals surface area contributed by atoms with Crippen LogP contribution in [0.5, 0.6) is 0 Å². The Morgan fingerprint density at radius 3 is 2.71 bits per heavy atom. The Balaban J connectivity index is 2.44. The van der Waals surface area contributed by atoms with E-state index in [4.69, 9.17) is 0 Å². The molecule has 0 radical (unpaired) electrons. The highest BCUT2D eigenvalue weighted by Gasteiger charge is 2.02. The van der Waals surface area contributed by atoms with E-state index in [-0.39, 0.29) is 0 Å². The minimum absolute atomic E-state index is 0.663. The highest BCUT2D eigenvalue weighted by Crippen LogP contribution is 2.09. The minimum atomic E-state index is 0.663. The molecule has 1 aromatic rings. The van der Waals surface area contributed by atoms with Gasteiger partial charge < -0.3 is 5.32 Å². The van der Waals surface area contributed by atoms with Gasteiger partial charge in [-0.1, -0.05) is 36.8 Å². The molecular weight excluding hydrogens is 170 g/mol. The molecule has 14 heavy (non-hydrogen) atoms. The van der Waals surface area contributed by atoms with E-state index >= 15 is 0 Å². The average Bonchev–Trinajstić information content (AvgIpc) is 2.19. The Morgan fingerprint density at radius 2 is 2.14 bits per heavy atom. The zero-order valence-electron chi connectivity index (χ0n) is 9.51. The van der Waals surface area contributed by atoms with Crippen LogP contribution in [0.25, 0.3) is 0 Å². The van der Waals surface area contributed by atoms with Crippen LogP contribution in [0.1, 0.15) is 30.9 Å². The van der Waals surface area contributed by atoms with E-state index < -0.39 is 0 Å². The van der Waals surface area contributed by atoms with Crippen LogP contribution in [0.3, 0.4) is 0 Å². The van der Waals surface area contributed by atoms with E-state index in [1.54, 1.807) is 0 Å². The van der Waals surface area contributed by atoms with Crippen LogP contribution in [0.4, 0.5) is 0 Å². The normalized spacial score (nSPS) is 12.8. The van der Waals surface area contributed by atoms with Gasteiger partial charge in [-0.3, -0.25) is 0 Å². The third-order valence-corrected chi connectivity index (χ3v) is 2.77. The quantitative estimate of drug-likeness (QED) is 0.754. The fraction of sp³-hybridized carbons (Fsp3) is 0.538. The first kappa shape index (κ1) is 11.3. The highest BCUT2D eigenvalue weighted by molar-refractivity contribution is 5.22. The zero-order chi connectivity index (χ0) is 10.4. The lowest BCUT2D eigenvalue weighted by atomic mass is 10.0. The molecule has 0 aromatic heterocycles. The maximum Gasteiger partial charge on any atom is 0.00646 e. The van der Waals surface area contributed by atoms with Crippen molar-refractivity contribution in [2.24, 2.45) is 0 Å². The molecule has 1 rings (SSSR count). The maximum absolute atomic E-state index is 3.34. The van der Waals surface area contributed by atoms with E-state index in [0.29, 0.717) is 6.04 Å². The van der Waals surface area contributed by atoms with Crippen molar-refractivity contribution in [1.29, 1.82) is 0 Å². The van der Waals surface area contributed by atoms with Gasteiger partial charge in [0.05, 0.1) is 0 Å². The van der Waals surface area contributed by atoms with Crippen molar-refractivity contribution in [3.8, 4) is 0 Å². The van der Waals surface area contributed by atoms with E-state index in [0.717, 1.165) is 0 Å². The van der Waals surface area contributed by atoms with Gasteiger partial charge in [0.1, 0.15) is 0 Å². The van der Waals surface area contributed by atoms with Gasteiger partial charge >= 0.3 is 0 Å². The molecule has 1 N–H and O–H groups in total. The average molecular weight is 191 g/mol. The number of hydrogen-bond acceptors (Lipinski definition) is 1. The largest absolute Gasteiger partial charge is 0.317 e. The van der Waals surface area contributed by atoms with Crippen molar-refractivity contribution in [2.75, 3.05) is 7.05 Å². The fourth-order valence-corrected chi connectivity index (χ4v) is 1.76. The molecule has 0 aliphatic carbocycles. The summed E-state index contributed by atoms with van der Waals surface area (Å²) in [6.07, 6.45) is 3.62. The summed E-state index contributed by atoms with van der Waals surface area (Å²) >= 11 is 0. The summed E-state index contributed by atoms with van der Waals surface area (Å²) in [6, 6.07) is 9.46. The van der Waals surface area contributed by atoms with E-state index in [1.807, 2.05) is 7.05 Å². The molecule has 0 bridgehead atoms. The Kier molecular flexibility index (Phi) is 4.68. The molecule has 0 saturated carbocycles. The predicted molar refractivity (Wildman–Crippen MR) is 62.6 cm³/mol. The van der Waals surface area contributed by atoms with Crippen molar-refractivity contribution in [3.05, 3.63) is 35.4 Å². The zero-order valence-corrected chi connectivity index (χ0v) is 9.51. The van der Waals surface area contributed by atoms with E-state index in [2.05, 4.69) is 43.4 Å². The number of rotatable bonds is 5. The summed E-state index contributed by atoms with van der Waals surface area (Å²) in [5.41, 5.74) is 2.82. The molecule has 0 spiro atoms. The van der Waals surface area contributed by atoms with Gasteiger partial charge in [0.2, 0.25) is 0 Å². The first-order valence-electron chi connectivity index (χ1n) is 5.49. The Bertz CT molecular complexity index is 264. The molecule has 0 aliphatic heterocycles. The van der Waals surface area contributed by atoms with Crippen LogP contribution in [0.2, 0.25) is 0 Å². The summed E-state index contributed by atoms with van der Waals surface area (Å²) in [5.74, 6) is 0. The Morgan fingerprint density at radius 1 is 1.36 bits per heavy atom. The maximum atomic E-state index is 3.34. The molecule has 0 amide bonds. The summed E-state index contributed by atoms with van der Waals surface area (Å²) in [6.45, 7) is 4.39. The van der Waals surface area contributed by atoms with Gasteiger partial charge in [-0.15, -0.1) is 0 Å². The lowest BCUT2D eigenvalue weighted by Gasteiger charge is -2.13. The van der Waals surface area contributed by atoms with Crippen LogP contribution in [0, 0.1) is 6.92 Å². The van der Waals surface area contributed by atoms with Crippen molar-refractivity contribution in [2.45, 2.75) is 39.2 Å². The lowest BCUT2D eigenvalue weighted by molar-refractivity contribution is 0.509. The molecule has 0 aliphatic rings. The van der Waals surface area contributed by atoms with Gasteiger partial charge in [0.15, 0.2) is 0 Å². The monoisotopic (exact) mass is 191 g/mol. The molecule has 0 fully saturated rings. The van der Waals surface area contributed by atoms with Crippen molar-refractivity contribution in [3.63, 3.8) is 0 Å². The van der Waals surface area contributed by atoms with Gasteiger partial charge in [-0.05, 0) is 38.8 Å². The molecule has 1 aromatic carbocycles. The summed E-state index contributed by atoms with van der Waals surface area (Å²) < 4.78 is 0. The van der Waals surface area contributed by atoms with Crippen LogP contribution < -0.4 is 5.32 Å². The fourth-order valence-electron chi connectivity index (χ4n) is 1.76. The first-order valence-corrected chi connectivity index (χ1v) is 5.49. The lowest BCUT2D eigenvalue weighted by Crippen LogP contribution is -2.24. The van der Waals surface area contributed by atoms with Crippen molar-refractivity contribution < 1.29 is 0 Å². The number of aryl methyl sites for hydroxylation is 2. The SMILES string of the molecule is CCC(CCc1cccc(C)c1)NC. The number of nitrogens with one attached hydrogen (secondary N) is 1. The summed E-state index contributed by atoms with van der Waals surface area (Å²) in [5, 5.41) is 3.34. The van der Waals surface area contributed by atoms with Crippen molar-refractivity contribution >= 4 is 0 Å². The smallest absolute Gasteiger partial charge is 0.00646 e. The second-order valence-electron chi connectivity index (χ2n) is 3.92. The molecule has 1 nitrogen and oxygen atoms in total. The molecule has 78 valence electrons. The molecule has 0 heterocycles. The van der Waals surface area contributed by atoms with Gasteiger partial charge in [-0.2, -0.15) is 0 Å². The summed E-state index contributed by atoms with van der Waals surface area (Å²) in [7, 11) is 2.05. The van der Waals surface area contributed by atoms with Crippen LogP contribution in [-0.2, 0) is 6.42 Å². The van der Waals surface area contributed by atoms with Gasteiger partial charge in [-0.25, -0.2) is 0 Å². The van der Waals surface area contributed by atoms with Crippen LogP contribution in [-0.4, -0.2) is 13.1 Å².